The number of carbonyl (C=O) groups excluding carboxylic acids is 2. The van der Waals surface area contributed by atoms with Crippen molar-refractivity contribution in [2.45, 2.75) is 34.1 Å². The fourth-order valence-corrected chi connectivity index (χ4v) is 2.87. The highest BCUT2D eigenvalue weighted by Crippen LogP contribution is 2.17. The molecule has 0 saturated carbocycles. The summed E-state index contributed by atoms with van der Waals surface area (Å²) in [6, 6.07) is 8.98. The lowest BCUT2D eigenvalue weighted by Gasteiger charge is -2.17. The second kappa shape index (κ2) is 9.87. The van der Waals surface area contributed by atoms with Crippen molar-refractivity contribution in [1.82, 2.24) is 20.0 Å². The SMILES string of the molecule is CCN(CC)CCCNC(=O)c1ccc(-n2nc(C)cc2NC(C)=O)cc1. The van der Waals surface area contributed by atoms with E-state index in [4.69, 9.17) is 0 Å². The van der Waals surface area contributed by atoms with E-state index in [1.165, 1.54) is 6.92 Å². The normalized spacial score (nSPS) is 10.9. The van der Waals surface area contributed by atoms with Gasteiger partial charge in [0.1, 0.15) is 5.82 Å². The second-order valence-electron chi connectivity index (χ2n) is 6.45. The Labute approximate surface area is 160 Å². The first-order valence-electron chi connectivity index (χ1n) is 9.39. The first kappa shape index (κ1) is 20.6. The zero-order valence-corrected chi connectivity index (χ0v) is 16.6. The first-order chi connectivity index (χ1) is 12.9. The third kappa shape index (κ3) is 5.92. The van der Waals surface area contributed by atoms with Crippen LogP contribution in [0.5, 0.6) is 0 Å². The molecule has 0 atom stereocenters. The minimum Gasteiger partial charge on any atom is -0.352 e. The molecule has 0 saturated heterocycles. The average Bonchev–Trinajstić information content (AvgIpc) is 3.01. The fraction of sp³-hybridized carbons (Fsp3) is 0.450. The summed E-state index contributed by atoms with van der Waals surface area (Å²) in [6.07, 6.45) is 0.929. The van der Waals surface area contributed by atoms with Gasteiger partial charge in [-0.25, -0.2) is 4.68 Å². The maximum absolute atomic E-state index is 12.3. The van der Waals surface area contributed by atoms with E-state index in [-0.39, 0.29) is 11.8 Å². The average molecular weight is 371 g/mol. The molecule has 0 fully saturated rings. The summed E-state index contributed by atoms with van der Waals surface area (Å²) in [4.78, 5) is 26.0. The molecular weight excluding hydrogens is 342 g/mol. The third-order valence-corrected chi connectivity index (χ3v) is 4.34. The molecule has 0 aliphatic carbocycles. The third-order valence-electron chi connectivity index (χ3n) is 4.34. The molecule has 27 heavy (non-hydrogen) atoms. The van der Waals surface area contributed by atoms with Crippen molar-refractivity contribution in [2.24, 2.45) is 0 Å². The maximum Gasteiger partial charge on any atom is 0.251 e. The van der Waals surface area contributed by atoms with Crippen LogP contribution < -0.4 is 10.6 Å². The van der Waals surface area contributed by atoms with Crippen LogP contribution in [0.3, 0.4) is 0 Å². The van der Waals surface area contributed by atoms with Gasteiger partial charge in [-0.05, 0) is 57.2 Å². The van der Waals surface area contributed by atoms with Crippen molar-refractivity contribution in [3.8, 4) is 5.69 Å². The lowest BCUT2D eigenvalue weighted by molar-refractivity contribution is -0.114. The molecule has 1 aromatic heterocycles. The van der Waals surface area contributed by atoms with Crippen molar-refractivity contribution in [3.63, 3.8) is 0 Å². The molecule has 2 amide bonds. The summed E-state index contributed by atoms with van der Waals surface area (Å²) >= 11 is 0. The number of carbonyl (C=O) groups is 2. The van der Waals surface area contributed by atoms with Gasteiger partial charge in [0.2, 0.25) is 5.91 Å². The van der Waals surface area contributed by atoms with Crippen LogP contribution in [-0.4, -0.2) is 52.7 Å². The number of amides is 2. The summed E-state index contributed by atoms with van der Waals surface area (Å²) < 4.78 is 1.66. The van der Waals surface area contributed by atoms with Crippen molar-refractivity contribution in [2.75, 3.05) is 31.5 Å². The molecule has 0 aliphatic rings. The molecule has 0 aliphatic heterocycles. The van der Waals surface area contributed by atoms with Gasteiger partial charge in [-0.3, -0.25) is 9.59 Å². The van der Waals surface area contributed by atoms with Crippen molar-refractivity contribution in [1.29, 1.82) is 0 Å². The van der Waals surface area contributed by atoms with Crippen LogP contribution in [-0.2, 0) is 4.79 Å². The van der Waals surface area contributed by atoms with Crippen LogP contribution in [0.15, 0.2) is 30.3 Å². The lowest BCUT2D eigenvalue weighted by atomic mass is 10.2. The predicted molar refractivity (Wildman–Crippen MR) is 107 cm³/mol. The van der Waals surface area contributed by atoms with Gasteiger partial charge in [0.15, 0.2) is 0 Å². The molecule has 1 aromatic carbocycles. The van der Waals surface area contributed by atoms with E-state index in [1.54, 1.807) is 22.9 Å². The number of nitrogens with zero attached hydrogens (tertiary/aromatic N) is 3. The first-order valence-corrected chi connectivity index (χ1v) is 9.39. The largest absolute Gasteiger partial charge is 0.352 e. The van der Waals surface area contributed by atoms with E-state index in [2.05, 4.69) is 34.5 Å². The standard InChI is InChI=1S/C20H29N5O2/c1-5-24(6-2)13-7-12-21-20(27)17-8-10-18(11-9-17)25-19(22-16(4)26)14-15(3)23-25/h8-11,14H,5-7,12-13H2,1-4H3,(H,21,27)(H,22,26). The molecule has 0 bridgehead atoms. The molecule has 0 unspecified atom stereocenters. The number of hydrogen-bond acceptors (Lipinski definition) is 4. The Morgan fingerprint density at radius 1 is 1.15 bits per heavy atom. The summed E-state index contributed by atoms with van der Waals surface area (Å²) in [6.45, 7) is 11.3. The Bertz CT molecular complexity index is 763. The van der Waals surface area contributed by atoms with Gasteiger partial charge < -0.3 is 15.5 Å². The van der Waals surface area contributed by atoms with Gasteiger partial charge in [0, 0.05) is 25.1 Å². The molecule has 2 aromatic rings. The van der Waals surface area contributed by atoms with E-state index in [9.17, 15) is 9.59 Å². The second-order valence-corrected chi connectivity index (χ2v) is 6.45. The lowest BCUT2D eigenvalue weighted by Crippen LogP contribution is -2.29. The predicted octanol–water partition coefficient (Wildman–Crippen LogP) is 2.60. The topological polar surface area (TPSA) is 79.3 Å². The highest BCUT2D eigenvalue weighted by Gasteiger charge is 2.10. The minimum atomic E-state index is -0.156. The van der Waals surface area contributed by atoms with Gasteiger partial charge in [0.05, 0.1) is 11.4 Å². The van der Waals surface area contributed by atoms with Crippen LogP contribution >= 0.6 is 0 Å². The Morgan fingerprint density at radius 2 is 1.81 bits per heavy atom. The van der Waals surface area contributed by atoms with Crippen LogP contribution in [0.1, 0.15) is 43.2 Å². The van der Waals surface area contributed by atoms with Crippen molar-refractivity contribution in [3.05, 3.63) is 41.6 Å². The zero-order chi connectivity index (χ0) is 19.8. The maximum atomic E-state index is 12.3. The number of anilines is 1. The molecule has 2 N–H and O–H groups in total. The van der Waals surface area contributed by atoms with Gasteiger partial charge >= 0.3 is 0 Å². The fourth-order valence-electron chi connectivity index (χ4n) is 2.87. The number of aryl methyl sites for hydroxylation is 1. The number of hydrogen-bond donors (Lipinski definition) is 2. The number of nitrogens with one attached hydrogen (secondary N) is 2. The van der Waals surface area contributed by atoms with E-state index < -0.39 is 0 Å². The zero-order valence-electron chi connectivity index (χ0n) is 16.6. The summed E-state index contributed by atoms with van der Waals surface area (Å²) in [7, 11) is 0. The molecule has 146 valence electrons. The Hall–Kier alpha value is -2.67. The summed E-state index contributed by atoms with van der Waals surface area (Å²) in [5.41, 5.74) is 2.19. The van der Waals surface area contributed by atoms with Gasteiger partial charge in [-0.15, -0.1) is 0 Å². The molecular formula is C20H29N5O2. The van der Waals surface area contributed by atoms with Crippen molar-refractivity contribution < 1.29 is 9.59 Å². The van der Waals surface area contributed by atoms with Crippen LogP contribution in [0.25, 0.3) is 5.69 Å². The number of benzene rings is 1. The van der Waals surface area contributed by atoms with E-state index in [0.717, 1.165) is 37.4 Å². The van der Waals surface area contributed by atoms with E-state index in [1.807, 2.05) is 19.1 Å². The van der Waals surface area contributed by atoms with Gasteiger partial charge in [0.25, 0.3) is 5.91 Å². The van der Waals surface area contributed by atoms with Crippen molar-refractivity contribution >= 4 is 17.6 Å². The number of aromatic nitrogens is 2. The molecule has 2 rings (SSSR count). The Balaban J connectivity index is 1.97. The highest BCUT2D eigenvalue weighted by atomic mass is 16.2. The molecule has 7 heteroatoms. The quantitative estimate of drug-likeness (QED) is 0.664. The number of rotatable bonds is 9. The van der Waals surface area contributed by atoms with Crippen LogP contribution in [0.2, 0.25) is 0 Å². The summed E-state index contributed by atoms with van der Waals surface area (Å²) in [5, 5.41) is 10.1. The van der Waals surface area contributed by atoms with Gasteiger partial charge in [-0.1, -0.05) is 13.8 Å². The van der Waals surface area contributed by atoms with Crippen LogP contribution in [0, 0.1) is 6.92 Å². The van der Waals surface area contributed by atoms with E-state index >= 15 is 0 Å². The summed E-state index contributed by atoms with van der Waals surface area (Å²) in [5.74, 6) is 0.366. The minimum absolute atomic E-state index is 0.0835. The highest BCUT2D eigenvalue weighted by molar-refractivity contribution is 5.94. The Kier molecular flexibility index (Phi) is 7.55. The molecule has 0 radical (unpaired) electrons. The molecule has 7 nitrogen and oxygen atoms in total. The molecule has 0 spiro atoms. The van der Waals surface area contributed by atoms with E-state index in [0.29, 0.717) is 17.9 Å². The van der Waals surface area contributed by atoms with Gasteiger partial charge in [-0.2, -0.15) is 5.10 Å². The monoisotopic (exact) mass is 371 g/mol. The van der Waals surface area contributed by atoms with Crippen LogP contribution in [0.4, 0.5) is 5.82 Å². The molecule has 1 heterocycles. The smallest absolute Gasteiger partial charge is 0.251 e. The Morgan fingerprint density at radius 3 is 2.41 bits per heavy atom.